The third kappa shape index (κ3) is 4.06. The Morgan fingerprint density at radius 3 is 2.78 bits per heavy atom. The highest BCUT2D eigenvalue weighted by atomic mass is 35.5. The van der Waals surface area contributed by atoms with Gasteiger partial charge in [0, 0.05) is 30.6 Å². The zero-order chi connectivity index (χ0) is 16.4. The Labute approximate surface area is 142 Å². The molecule has 5 heteroatoms. The van der Waals surface area contributed by atoms with E-state index in [4.69, 9.17) is 16.3 Å². The van der Waals surface area contributed by atoms with Crippen molar-refractivity contribution in [3.63, 3.8) is 0 Å². The smallest absolute Gasteiger partial charge is 0.226 e. The molecule has 23 heavy (non-hydrogen) atoms. The Morgan fingerprint density at radius 2 is 2.13 bits per heavy atom. The van der Waals surface area contributed by atoms with E-state index in [0.717, 1.165) is 24.8 Å². The molecule has 2 saturated carbocycles. The van der Waals surface area contributed by atoms with Crippen LogP contribution in [-0.4, -0.2) is 41.3 Å². The molecule has 1 aromatic rings. The van der Waals surface area contributed by atoms with Crippen LogP contribution in [0.2, 0.25) is 5.02 Å². The Hall–Kier alpha value is -1.10. The summed E-state index contributed by atoms with van der Waals surface area (Å²) in [6.45, 7) is 0.612. The number of halogens is 1. The van der Waals surface area contributed by atoms with Crippen molar-refractivity contribution in [1.82, 2.24) is 4.90 Å². The lowest BCUT2D eigenvalue weighted by Crippen LogP contribution is -2.43. The molecule has 1 amide bonds. The minimum atomic E-state index is -0.452. The number of ether oxygens (including phenoxy) is 1. The number of rotatable bonds is 5. The number of carbonyl (C=O) groups is 1. The van der Waals surface area contributed by atoms with Gasteiger partial charge in [-0.25, -0.2) is 0 Å². The monoisotopic (exact) mass is 337 g/mol. The standard InChI is InChI=1S/C18H24ClNO3/c1-23-17-10-13(5-8-16(17)21)18(22)20(15-6-7-15)11-12-3-2-4-14(19)9-12/h2-4,9,13,15-17,21H,5-8,10-11H2,1H3/t13-,16+,17-/m1/s1. The van der Waals surface area contributed by atoms with E-state index in [-0.39, 0.29) is 17.9 Å². The molecule has 0 aliphatic heterocycles. The highest BCUT2D eigenvalue weighted by Gasteiger charge is 2.39. The van der Waals surface area contributed by atoms with E-state index >= 15 is 0 Å². The Kier molecular flexibility index (Phi) is 5.24. The van der Waals surface area contributed by atoms with Crippen molar-refractivity contribution in [2.24, 2.45) is 5.92 Å². The summed E-state index contributed by atoms with van der Waals surface area (Å²) in [6, 6.07) is 8.06. The number of hydrogen-bond donors (Lipinski definition) is 1. The van der Waals surface area contributed by atoms with Gasteiger partial charge in [0.05, 0.1) is 12.2 Å². The summed E-state index contributed by atoms with van der Waals surface area (Å²) in [6.07, 6.45) is 3.44. The number of benzene rings is 1. The van der Waals surface area contributed by atoms with Crippen molar-refractivity contribution in [3.05, 3.63) is 34.9 Å². The molecule has 2 aliphatic carbocycles. The first-order valence-corrected chi connectivity index (χ1v) is 8.72. The quantitative estimate of drug-likeness (QED) is 0.898. The first-order chi connectivity index (χ1) is 11.1. The second kappa shape index (κ2) is 7.20. The Bertz CT molecular complexity index is 561. The summed E-state index contributed by atoms with van der Waals surface area (Å²) in [7, 11) is 1.60. The molecule has 1 aromatic carbocycles. The number of methoxy groups -OCH3 is 1. The van der Waals surface area contributed by atoms with Gasteiger partial charge in [0.2, 0.25) is 5.91 Å². The van der Waals surface area contributed by atoms with Crippen LogP contribution >= 0.6 is 11.6 Å². The molecule has 0 heterocycles. The van der Waals surface area contributed by atoms with Crippen LogP contribution in [0.25, 0.3) is 0 Å². The highest BCUT2D eigenvalue weighted by Crippen LogP contribution is 2.34. The van der Waals surface area contributed by atoms with Crippen molar-refractivity contribution < 1.29 is 14.6 Å². The van der Waals surface area contributed by atoms with Crippen LogP contribution in [0.15, 0.2) is 24.3 Å². The van der Waals surface area contributed by atoms with Gasteiger partial charge in [-0.1, -0.05) is 23.7 Å². The average Bonchev–Trinajstić information content (AvgIpc) is 3.37. The normalized spacial score (nSPS) is 27.7. The van der Waals surface area contributed by atoms with Gasteiger partial charge in [-0.2, -0.15) is 0 Å². The molecule has 3 rings (SSSR count). The van der Waals surface area contributed by atoms with Crippen LogP contribution in [-0.2, 0) is 16.1 Å². The van der Waals surface area contributed by atoms with Crippen molar-refractivity contribution in [2.75, 3.05) is 7.11 Å². The van der Waals surface area contributed by atoms with E-state index in [1.54, 1.807) is 7.11 Å². The van der Waals surface area contributed by atoms with Crippen molar-refractivity contribution >= 4 is 17.5 Å². The van der Waals surface area contributed by atoms with Crippen molar-refractivity contribution in [1.29, 1.82) is 0 Å². The number of aliphatic hydroxyl groups is 1. The molecule has 1 N–H and O–H groups in total. The molecule has 0 unspecified atom stereocenters. The molecule has 0 spiro atoms. The van der Waals surface area contributed by atoms with E-state index in [1.165, 1.54) is 0 Å². The van der Waals surface area contributed by atoms with Gasteiger partial charge in [0.1, 0.15) is 0 Å². The number of aliphatic hydroxyl groups excluding tert-OH is 1. The van der Waals surface area contributed by atoms with Gasteiger partial charge >= 0.3 is 0 Å². The topological polar surface area (TPSA) is 49.8 Å². The minimum absolute atomic E-state index is 0.0527. The van der Waals surface area contributed by atoms with Crippen molar-refractivity contribution in [3.8, 4) is 0 Å². The number of carbonyl (C=O) groups excluding carboxylic acids is 1. The summed E-state index contributed by atoms with van der Waals surface area (Å²) in [5.41, 5.74) is 1.07. The summed E-state index contributed by atoms with van der Waals surface area (Å²) >= 11 is 6.06. The van der Waals surface area contributed by atoms with E-state index in [1.807, 2.05) is 29.2 Å². The first-order valence-electron chi connectivity index (χ1n) is 8.34. The second-order valence-corrected chi connectivity index (χ2v) is 7.12. The molecule has 0 aromatic heterocycles. The lowest BCUT2D eigenvalue weighted by Gasteiger charge is -2.35. The van der Waals surface area contributed by atoms with Gasteiger partial charge in [-0.05, 0) is 49.8 Å². The molecule has 0 bridgehead atoms. The molecular formula is C18H24ClNO3. The predicted octanol–water partition coefficient (Wildman–Crippen LogP) is 3.01. The maximum atomic E-state index is 13.0. The molecule has 2 fully saturated rings. The van der Waals surface area contributed by atoms with E-state index in [0.29, 0.717) is 30.5 Å². The van der Waals surface area contributed by atoms with Gasteiger partial charge in [0.25, 0.3) is 0 Å². The third-order valence-electron chi connectivity index (χ3n) is 4.92. The average molecular weight is 338 g/mol. The fourth-order valence-electron chi connectivity index (χ4n) is 3.43. The summed E-state index contributed by atoms with van der Waals surface area (Å²) < 4.78 is 5.34. The zero-order valence-electron chi connectivity index (χ0n) is 13.5. The van der Waals surface area contributed by atoms with E-state index in [9.17, 15) is 9.90 Å². The van der Waals surface area contributed by atoms with Crippen LogP contribution in [0.3, 0.4) is 0 Å². The maximum absolute atomic E-state index is 13.0. The van der Waals surface area contributed by atoms with Gasteiger partial charge in [-0.15, -0.1) is 0 Å². The molecule has 3 atom stereocenters. The van der Waals surface area contributed by atoms with Crippen LogP contribution in [0.4, 0.5) is 0 Å². The summed E-state index contributed by atoms with van der Waals surface area (Å²) in [4.78, 5) is 15.0. The Morgan fingerprint density at radius 1 is 1.35 bits per heavy atom. The number of hydrogen-bond acceptors (Lipinski definition) is 3. The third-order valence-corrected chi connectivity index (χ3v) is 5.16. The van der Waals surface area contributed by atoms with Crippen LogP contribution in [0.1, 0.15) is 37.7 Å². The number of amides is 1. The Balaban J connectivity index is 1.69. The van der Waals surface area contributed by atoms with Crippen molar-refractivity contribution in [2.45, 2.75) is 56.9 Å². The predicted molar refractivity (Wildman–Crippen MR) is 89.2 cm³/mol. The molecule has 0 saturated heterocycles. The van der Waals surface area contributed by atoms with Crippen LogP contribution in [0, 0.1) is 5.92 Å². The molecule has 126 valence electrons. The van der Waals surface area contributed by atoms with Crippen LogP contribution in [0.5, 0.6) is 0 Å². The summed E-state index contributed by atoms with van der Waals surface area (Å²) in [5.74, 6) is 0.143. The summed E-state index contributed by atoms with van der Waals surface area (Å²) in [5, 5.41) is 10.6. The largest absolute Gasteiger partial charge is 0.390 e. The first kappa shape index (κ1) is 16.7. The highest BCUT2D eigenvalue weighted by molar-refractivity contribution is 6.30. The fourth-order valence-corrected chi connectivity index (χ4v) is 3.64. The minimum Gasteiger partial charge on any atom is -0.390 e. The second-order valence-electron chi connectivity index (χ2n) is 6.68. The van der Waals surface area contributed by atoms with Crippen LogP contribution < -0.4 is 0 Å². The van der Waals surface area contributed by atoms with E-state index < -0.39 is 6.10 Å². The lowest BCUT2D eigenvalue weighted by molar-refractivity contribution is -0.142. The lowest BCUT2D eigenvalue weighted by atomic mass is 9.84. The molecule has 4 nitrogen and oxygen atoms in total. The molecule has 2 aliphatic rings. The fraction of sp³-hybridized carbons (Fsp3) is 0.611. The molecule has 0 radical (unpaired) electrons. The maximum Gasteiger partial charge on any atom is 0.226 e. The number of nitrogens with zero attached hydrogens (tertiary/aromatic N) is 1. The van der Waals surface area contributed by atoms with Gasteiger partial charge < -0.3 is 14.7 Å². The van der Waals surface area contributed by atoms with E-state index in [2.05, 4.69) is 0 Å². The van der Waals surface area contributed by atoms with Gasteiger partial charge in [-0.3, -0.25) is 4.79 Å². The zero-order valence-corrected chi connectivity index (χ0v) is 14.2. The molecular weight excluding hydrogens is 314 g/mol. The SMILES string of the molecule is CO[C@@H]1C[C@H](C(=O)N(Cc2cccc(Cl)c2)C2CC2)CC[C@@H]1O. The van der Waals surface area contributed by atoms with Gasteiger partial charge in [0.15, 0.2) is 0 Å².